The van der Waals surface area contributed by atoms with Crippen molar-refractivity contribution in [3.05, 3.63) is 12.2 Å². The van der Waals surface area contributed by atoms with Gasteiger partial charge in [-0.2, -0.15) is 0 Å². The first-order valence-electron chi connectivity index (χ1n) is 8.21. The number of amides is 4. The van der Waals surface area contributed by atoms with E-state index in [-0.39, 0.29) is 24.3 Å². The molecule has 2 N–H and O–H groups in total. The summed E-state index contributed by atoms with van der Waals surface area (Å²) in [5.41, 5.74) is 0. The highest BCUT2D eigenvalue weighted by Gasteiger charge is 2.38. The first kappa shape index (κ1) is 17.9. The van der Waals surface area contributed by atoms with Crippen LogP contribution >= 0.6 is 0 Å². The molecule has 1 aliphatic rings. The summed E-state index contributed by atoms with van der Waals surface area (Å²) in [4.78, 5) is 36.9. The van der Waals surface area contributed by atoms with E-state index in [1.165, 1.54) is 0 Å². The first-order valence-corrected chi connectivity index (χ1v) is 8.21. The summed E-state index contributed by atoms with van der Waals surface area (Å²) in [5, 5.41) is 13.2. The zero-order chi connectivity index (χ0) is 17.7. The van der Waals surface area contributed by atoms with E-state index in [0.717, 1.165) is 10.7 Å². The van der Waals surface area contributed by atoms with Crippen molar-refractivity contribution in [3.8, 4) is 0 Å². The summed E-state index contributed by atoms with van der Waals surface area (Å²) < 4.78 is 1.94. The van der Waals surface area contributed by atoms with Crippen molar-refractivity contribution >= 4 is 17.8 Å². The summed E-state index contributed by atoms with van der Waals surface area (Å²) in [6, 6.07) is -0.949. The van der Waals surface area contributed by atoms with Gasteiger partial charge in [-0.15, -0.1) is 10.2 Å². The van der Waals surface area contributed by atoms with Crippen LogP contribution < -0.4 is 10.6 Å². The summed E-state index contributed by atoms with van der Waals surface area (Å²) in [6.45, 7) is 6.71. The molecule has 0 spiro atoms. The molecular formula is C15H24N6O3. The molecular weight excluding hydrogens is 312 g/mol. The molecule has 0 aliphatic carbocycles. The molecule has 1 aromatic rings. The Balaban J connectivity index is 1.79. The minimum absolute atomic E-state index is 0.0539. The lowest BCUT2D eigenvalue weighted by atomic mass is 10.2. The van der Waals surface area contributed by atoms with Crippen molar-refractivity contribution in [2.45, 2.75) is 52.1 Å². The van der Waals surface area contributed by atoms with Crippen molar-refractivity contribution in [2.75, 3.05) is 13.1 Å². The summed E-state index contributed by atoms with van der Waals surface area (Å²) in [5.74, 6) is 0.184. The second-order valence-corrected chi connectivity index (χ2v) is 6.04. The lowest BCUT2D eigenvalue weighted by molar-refractivity contribution is -0.130. The molecule has 1 aliphatic heterocycles. The van der Waals surface area contributed by atoms with Crippen molar-refractivity contribution in [1.29, 1.82) is 0 Å². The van der Waals surface area contributed by atoms with E-state index in [1.54, 1.807) is 6.33 Å². The Labute approximate surface area is 140 Å². The fourth-order valence-electron chi connectivity index (χ4n) is 2.60. The van der Waals surface area contributed by atoms with Gasteiger partial charge in [0.15, 0.2) is 0 Å². The second-order valence-electron chi connectivity index (χ2n) is 6.04. The second kappa shape index (κ2) is 7.89. The van der Waals surface area contributed by atoms with E-state index >= 15 is 0 Å². The molecule has 24 heavy (non-hydrogen) atoms. The van der Waals surface area contributed by atoms with Crippen LogP contribution in [0.15, 0.2) is 6.33 Å². The zero-order valence-electron chi connectivity index (χ0n) is 14.3. The maximum absolute atomic E-state index is 12.1. The van der Waals surface area contributed by atoms with Crippen molar-refractivity contribution in [1.82, 2.24) is 30.3 Å². The number of rotatable bonds is 8. The maximum Gasteiger partial charge on any atom is 0.324 e. The number of nitrogens with zero attached hydrogens (tertiary/aromatic N) is 4. The van der Waals surface area contributed by atoms with Crippen LogP contribution in [0.5, 0.6) is 0 Å². The predicted molar refractivity (Wildman–Crippen MR) is 86.1 cm³/mol. The van der Waals surface area contributed by atoms with E-state index < -0.39 is 12.1 Å². The average Bonchev–Trinajstić information content (AvgIpc) is 3.08. The monoisotopic (exact) mass is 336 g/mol. The molecule has 9 nitrogen and oxygen atoms in total. The maximum atomic E-state index is 12.1. The summed E-state index contributed by atoms with van der Waals surface area (Å²) >= 11 is 0. The van der Waals surface area contributed by atoms with Gasteiger partial charge in [0.2, 0.25) is 5.91 Å². The highest BCUT2D eigenvalue weighted by atomic mass is 16.2. The quantitative estimate of drug-likeness (QED) is 0.661. The van der Waals surface area contributed by atoms with Crippen molar-refractivity contribution < 1.29 is 14.4 Å². The Hall–Kier alpha value is -2.45. The van der Waals surface area contributed by atoms with Gasteiger partial charge < -0.3 is 15.2 Å². The van der Waals surface area contributed by atoms with Crippen LogP contribution in [-0.2, 0) is 16.0 Å². The van der Waals surface area contributed by atoms with Crippen LogP contribution in [0, 0.1) is 0 Å². The van der Waals surface area contributed by atoms with E-state index in [9.17, 15) is 14.4 Å². The number of carbonyl (C=O) groups excluding carboxylic acids is 3. The number of urea groups is 1. The smallest absolute Gasteiger partial charge is 0.324 e. The van der Waals surface area contributed by atoms with Gasteiger partial charge in [0.25, 0.3) is 5.91 Å². The van der Waals surface area contributed by atoms with Crippen LogP contribution in [0.25, 0.3) is 0 Å². The number of nitrogens with one attached hydrogen (secondary N) is 2. The van der Waals surface area contributed by atoms with Crippen LogP contribution in [0.2, 0.25) is 0 Å². The van der Waals surface area contributed by atoms with E-state index in [2.05, 4.69) is 20.8 Å². The number of carbonyl (C=O) groups is 3. The Kier molecular flexibility index (Phi) is 5.88. The highest BCUT2D eigenvalue weighted by molar-refractivity contribution is 6.05. The van der Waals surface area contributed by atoms with Gasteiger partial charge in [-0.1, -0.05) is 6.92 Å². The molecule has 1 saturated heterocycles. The third kappa shape index (κ3) is 4.09. The number of imide groups is 1. The molecule has 1 fully saturated rings. The third-order valence-electron chi connectivity index (χ3n) is 3.82. The van der Waals surface area contributed by atoms with Crippen LogP contribution in [0.4, 0.5) is 4.79 Å². The van der Waals surface area contributed by atoms with E-state index in [1.807, 2.05) is 25.3 Å². The third-order valence-corrected chi connectivity index (χ3v) is 3.82. The Morgan fingerprint density at radius 1 is 1.42 bits per heavy atom. The Morgan fingerprint density at radius 3 is 2.83 bits per heavy atom. The number of aromatic nitrogens is 3. The lowest BCUT2D eigenvalue weighted by Gasteiger charge is -2.12. The van der Waals surface area contributed by atoms with Gasteiger partial charge in [-0.05, 0) is 20.3 Å². The zero-order valence-corrected chi connectivity index (χ0v) is 14.3. The van der Waals surface area contributed by atoms with E-state index in [0.29, 0.717) is 25.9 Å². The summed E-state index contributed by atoms with van der Waals surface area (Å²) in [6.07, 6.45) is 2.85. The Morgan fingerprint density at radius 2 is 2.17 bits per heavy atom. The van der Waals surface area contributed by atoms with Gasteiger partial charge in [0.1, 0.15) is 18.2 Å². The molecule has 0 radical (unpaired) electrons. The minimum atomic E-state index is -0.775. The molecule has 9 heteroatoms. The average molecular weight is 336 g/mol. The fraction of sp³-hybridized carbons (Fsp3) is 0.667. The largest absolute Gasteiger partial charge is 0.356 e. The van der Waals surface area contributed by atoms with Crippen molar-refractivity contribution in [2.24, 2.45) is 0 Å². The van der Waals surface area contributed by atoms with Gasteiger partial charge >= 0.3 is 6.03 Å². The standard InChI is InChI=1S/C15H24N6O3/c1-4-7-20-14(23)11(18-15(20)24)8-13(22)16-6-5-12-19-17-9-21(12)10(2)3/h9-11H,4-8H2,1-3H3,(H,16,22)(H,18,24)/t11-/m1/s1. The normalized spacial score (nSPS) is 17.5. The van der Waals surface area contributed by atoms with Crippen LogP contribution in [-0.4, -0.2) is 56.6 Å². The number of hydrogen-bond acceptors (Lipinski definition) is 5. The molecule has 1 atom stereocenters. The van der Waals surface area contributed by atoms with Crippen molar-refractivity contribution in [3.63, 3.8) is 0 Å². The SMILES string of the molecule is CCCN1C(=O)N[C@H](CC(=O)NCCc2nncn2C(C)C)C1=O. The van der Waals surface area contributed by atoms with Gasteiger partial charge in [0.05, 0.1) is 6.42 Å². The molecule has 0 unspecified atom stereocenters. The number of hydrogen-bond donors (Lipinski definition) is 2. The molecule has 0 bridgehead atoms. The van der Waals surface area contributed by atoms with Gasteiger partial charge in [-0.25, -0.2) is 4.79 Å². The molecule has 2 rings (SSSR count). The molecule has 1 aromatic heterocycles. The molecule has 0 aromatic carbocycles. The van der Waals surface area contributed by atoms with Crippen LogP contribution in [0.3, 0.4) is 0 Å². The highest BCUT2D eigenvalue weighted by Crippen LogP contribution is 2.10. The molecule has 132 valence electrons. The Bertz CT molecular complexity index is 612. The topological polar surface area (TPSA) is 109 Å². The summed E-state index contributed by atoms with van der Waals surface area (Å²) in [7, 11) is 0. The predicted octanol–water partition coefficient (Wildman–Crippen LogP) is 0.238. The molecule has 4 amide bonds. The van der Waals surface area contributed by atoms with Gasteiger partial charge in [0, 0.05) is 25.6 Å². The molecule has 0 saturated carbocycles. The van der Waals surface area contributed by atoms with Crippen LogP contribution in [0.1, 0.15) is 45.5 Å². The van der Waals surface area contributed by atoms with E-state index in [4.69, 9.17) is 0 Å². The molecule has 2 heterocycles. The minimum Gasteiger partial charge on any atom is -0.356 e. The fourth-order valence-corrected chi connectivity index (χ4v) is 2.60. The van der Waals surface area contributed by atoms with Gasteiger partial charge in [-0.3, -0.25) is 14.5 Å². The first-order chi connectivity index (χ1) is 11.4. The lowest BCUT2D eigenvalue weighted by Crippen LogP contribution is -2.37.